The van der Waals surface area contributed by atoms with Crippen molar-refractivity contribution in [1.29, 1.82) is 0 Å². The van der Waals surface area contributed by atoms with Gasteiger partial charge in [-0.25, -0.2) is 0 Å². The molecule has 2 unspecified atom stereocenters. The molecule has 0 spiro atoms. The van der Waals surface area contributed by atoms with E-state index in [1.165, 1.54) is 45.1 Å². The van der Waals surface area contributed by atoms with Crippen LogP contribution < -0.4 is 20.1 Å². The van der Waals surface area contributed by atoms with E-state index in [1.807, 2.05) is 18.2 Å². The van der Waals surface area contributed by atoms with Crippen LogP contribution in [-0.4, -0.2) is 48.9 Å². The first-order chi connectivity index (χ1) is 12.6. The molecule has 5 nitrogen and oxygen atoms in total. The van der Waals surface area contributed by atoms with E-state index >= 15 is 0 Å². The monoisotopic (exact) mass is 377 g/mol. The zero-order valence-corrected chi connectivity index (χ0v) is 16.9. The highest BCUT2D eigenvalue weighted by atomic mass is 32.1. The second-order valence-corrected chi connectivity index (χ2v) is 7.72. The number of hydrogen-bond donors (Lipinski definition) is 2. The Morgan fingerprint density at radius 2 is 1.92 bits per heavy atom. The molecule has 0 aromatic heterocycles. The molecule has 2 heterocycles. The highest BCUT2D eigenvalue weighted by Gasteiger charge is 2.37. The van der Waals surface area contributed by atoms with E-state index in [9.17, 15) is 0 Å². The summed E-state index contributed by atoms with van der Waals surface area (Å²) in [5, 5.41) is 7.50. The lowest BCUT2D eigenvalue weighted by Crippen LogP contribution is -2.57. The number of benzene rings is 1. The van der Waals surface area contributed by atoms with Crippen LogP contribution in [0.1, 0.15) is 45.4 Å². The molecule has 1 aromatic rings. The lowest BCUT2D eigenvalue weighted by Gasteiger charge is -2.49. The molecule has 0 saturated carbocycles. The molecule has 0 radical (unpaired) electrons. The maximum Gasteiger partial charge on any atom is 0.171 e. The van der Waals surface area contributed by atoms with Crippen LogP contribution in [0.4, 0.5) is 5.69 Å². The van der Waals surface area contributed by atoms with Gasteiger partial charge in [0.2, 0.25) is 0 Å². The number of rotatable bonds is 6. The van der Waals surface area contributed by atoms with Gasteiger partial charge in [0.05, 0.1) is 19.9 Å². The minimum Gasteiger partial charge on any atom is -0.497 e. The Hall–Kier alpha value is -1.53. The molecule has 144 valence electrons. The summed E-state index contributed by atoms with van der Waals surface area (Å²) in [7, 11) is 3.30. The number of piperidine rings is 2. The zero-order chi connectivity index (χ0) is 18.5. The van der Waals surface area contributed by atoms with E-state index in [-0.39, 0.29) is 0 Å². The first-order valence-electron chi connectivity index (χ1n) is 9.69. The van der Waals surface area contributed by atoms with Crippen LogP contribution in [-0.2, 0) is 0 Å². The molecule has 3 rings (SSSR count). The fourth-order valence-corrected chi connectivity index (χ4v) is 4.74. The highest BCUT2D eigenvalue weighted by molar-refractivity contribution is 7.80. The quantitative estimate of drug-likeness (QED) is 0.736. The number of nitrogens with one attached hydrogen (secondary N) is 2. The minimum atomic E-state index is 0.447. The van der Waals surface area contributed by atoms with Gasteiger partial charge >= 0.3 is 0 Å². The van der Waals surface area contributed by atoms with E-state index in [0.717, 1.165) is 17.2 Å². The summed E-state index contributed by atoms with van der Waals surface area (Å²) in [4.78, 5) is 2.74. The maximum atomic E-state index is 5.58. The summed E-state index contributed by atoms with van der Waals surface area (Å²) in [6.07, 6.45) is 7.61. The smallest absolute Gasteiger partial charge is 0.171 e. The fraction of sp³-hybridized carbons (Fsp3) is 0.650. The van der Waals surface area contributed by atoms with Crippen LogP contribution in [0.25, 0.3) is 0 Å². The summed E-state index contributed by atoms with van der Waals surface area (Å²) in [5.41, 5.74) is 0.856. The lowest BCUT2D eigenvalue weighted by molar-refractivity contribution is 0.0284. The first-order valence-corrected chi connectivity index (χ1v) is 10.1. The van der Waals surface area contributed by atoms with Crippen molar-refractivity contribution in [1.82, 2.24) is 10.2 Å². The lowest BCUT2D eigenvalue weighted by atomic mass is 9.81. The van der Waals surface area contributed by atoms with Crippen LogP contribution in [0.15, 0.2) is 18.2 Å². The summed E-state index contributed by atoms with van der Waals surface area (Å²) < 4.78 is 10.7. The Bertz CT molecular complexity index is 611. The van der Waals surface area contributed by atoms with Gasteiger partial charge in [0.25, 0.3) is 0 Å². The number of fused-ring (bicyclic) bond motifs is 2. The Kier molecular flexibility index (Phi) is 6.59. The highest BCUT2D eigenvalue weighted by Crippen LogP contribution is 2.34. The third-order valence-corrected chi connectivity index (χ3v) is 5.82. The zero-order valence-electron chi connectivity index (χ0n) is 16.1. The Morgan fingerprint density at radius 3 is 2.54 bits per heavy atom. The van der Waals surface area contributed by atoms with Crippen molar-refractivity contribution in [2.45, 2.75) is 63.6 Å². The number of hydrogen-bond acceptors (Lipinski definition) is 4. The molecule has 0 aliphatic carbocycles. The van der Waals surface area contributed by atoms with Gasteiger partial charge < -0.3 is 20.1 Å². The molecule has 2 saturated heterocycles. The first kappa shape index (κ1) is 19.2. The number of thiocarbonyl (C=S) groups is 1. The third-order valence-electron chi connectivity index (χ3n) is 5.60. The van der Waals surface area contributed by atoms with E-state index in [0.29, 0.717) is 23.2 Å². The van der Waals surface area contributed by atoms with Gasteiger partial charge in [-0.3, -0.25) is 4.90 Å². The van der Waals surface area contributed by atoms with Crippen molar-refractivity contribution in [2.24, 2.45) is 0 Å². The average Bonchev–Trinajstić information content (AvgIpc) is 2.62. The van der Waals surface area contributed by atoms with Crippen LogP contribution >= 0.6 is 12.2 Å². The van der Waals surface area contributed by atoms with Crippen LogP contribution in [0, 0.1) is 0 Å². The molecule has 6 heteroatoms. The Labute approximate surface area is 162 Å². The summed E-state index contributed by atoms with van der Waals surface area (Å²) >= 11 is 5.58. The standard InChI is InChI=1S/C20H31N3O2S/c1-4-10-23-15-6-5-7-16(23)12-14(11-15)21-20(26)22-18-9-8-17(24-2)13-19(18)25-3/h8-9,13-16H,4-7,10-12H2,1-3H3,(H2,21,22,26). The van der Waals surface area contributed by atoms with Gasteiger partial charge in [-0.15, -0.1) is 0 Å². The van der Waals surface area contributed by atoms with Crippen molar-refractivity contribution in [3.8, 4) is 11.5 Å². The van der Waals surface area contributed by atoms with Gasteiger partial charge in [-0.1, -0.05) is 13.3 Å². The Balaban J connectivity index is 1.59. The SMILES string of the molecule is CCCN1C2CCCC1CC(NC(=S)Nc1ccc(OC)cc1OC)C2. The number of methoxy groups -OCH3 is 2. The van der Waals surface area contributed by atoms with Gasteiger partial charge in [-0.05, 0) is 63.0 Å². The van der Waals surface area contributed by atoms with Crippen molar-refractivity contribution in [3.05, 3.63) is 18.2 Å². The fourth-order valence-electron chi connectivity index (χ4n) is 4.47. The van der Waals surface area contributed by atoms with E-state index in [1.54, 1.807) is 14.2 Å². The molecule has 26 heavy (non-hydrogen) atoms. The molecule has 0 amide bonds. The van der Waals surface area contributed by atoms with Crippen molar-refractivity contribution >= 4 is 23.0 Å². The topological polar surface area (TPSA) is 45.8 Å². The van der Waals surface area contributed by atoms with E-state index < -0.39 is 0 Å². The number of nitrogens with zero attached hydrogens (tertiary/aromatic N) is 1. The van der Waals surface area contributed by atoms with Crippen LogP contribution in [0.2, 0.25) is 0 Å². The largest absolute Gasteiger partial charge is 0.497 e. The van der Waals surface area contributed by atoms with Gasteiger partial charge in [0.15, 0.2) is 5.11 Å². The molecule has 2 aliphatic rings. The molecule has 2 atom stereocenters. The minimum absolute atomic E-state index is 0.447. The normalized spacial score (nSPS) is 25.4. The average molecular weight is 378 g/mol. The molecule has 2 bridgehead atoms. The van der Waals surface area contributed by atoms with E-state index in [4.69, 9.17) is 21.7 Å². The second kappa shape index (κ2) is 8.91. The third kappa shape index (κ3) is 4.41. The summed E-state index contributed by atoms with van der Waals surface area (Å²) in [6.45, 7) is 3.51. The van der Waals surface area contributed by atoms with Gasteiger partial charge in [0.1, 0.15) is 11.5 Å². The van der Waals surface area contributed by atoms with E-state index in [2.05, 4.69) is 22.5 Å². The van der Waals surface area contributed by atoms with Crippen molar-refractivity contribution in [3.63, 3.8) is 0 Å². The molecule has 2 aliphatic heterocycles. The van der Waals surface area contributed by atoms with Crippen LogP contribution in [0.5, 0.6) is 11.5 Å². The van der Waals surface area contributed by atoms with Gasteiger partial charge in [-0.2, -0.15) is 0 Å². The number of ether oxygens (including phenoxy) is 2. The van der Waals surface area contributed by atoms with Crippen molar-refractivity contribution < 1.29 is 9.47 Å². The van der Waals surface area contributed by atoms with Gasteiger partial charge in [0, 0.05) is 24.2 Å². The van der Waals surface area contributed by atoms with Crippen molar-refractivity contribution in [2.75, 3.05) is 26.1 Å². The number of anilines is 1. The Morgan fingerprint density at radius 1 is 1.19 bits per heavy atom. The molecule has 2 N–H and O–H groups in total. The predicted molar refractivity (Wildman–Crippen MR) is 110 cm³/mol. The second-order valence-electron chi connectivity index (χ2n) is 7.31. The molecular formula is C20H31N3O2S. The molecular weight excluding hydrogens is 346 g/mol. The van der Waals surface area contributed by atoms with Crippen LogP contribution in [0.3, 0.4) is 0 Å². The molecule has 2 fully saturated rings. The predicted octanol–water partition coefficient (Wildman–Crippen LogP) is 3.79. The summed E-state index contributed by atoms with van der Waals surface area (Å²) in [6, 6.07) is 7.56. The summed E-state index contributed by atoms with van der Waals surface area (Å²) in [5.74, 6) is 1.49. The maximum absolute atomic E-state index is 5.58. The molecule has 1 aromatic carbocycles.